The van der Waals surface area contributed by atoms with Crippen LogP contribution >= 0.6 is 0 Å². The Morgan fingerprint density at radius 1 is 1.00 bits per heavy atom. The minimum Gasteiger partial charge on any atom is -0.457 e. The number of hydrogen-bond acceptors (Lipinski definition) is 5. The molecule has 0 aliphatic carbocycles. The summed E-state index contributed by atoms with van der Waals surface area (Å²) in [7, 11) is 0. The third-order valence-electron chi connectivity index (χ3n) is 2.81. The molecule has 3 rings (SSSR count). The normalized spacial score (nSPS) is 10.2. The summed E-state index contributed by atoms with van der Waals surface area (Å²) in [5, 5.41) is 9.95. The standard InChI is InChI=1S/C16H13N3O3/c1-11-18-19-16(21-11)15(20)17-12-7-9-14(10-8-12)22-13-5-3-2-4-6-13/h2-10H,1H3,(H,17,20). The van der Waals surface area contributed by atoms with Crippen LogP contribution in [0, 0.1) is 6.92 Å². The van der Waals surface area contributed by atoms with Crippen molar-refractivity contribution in [2.45, 2.75) is 6.92 Å². The zero-order valence-corrected chi connectivity index (χ0v) is 11.8. The van der Waals surface area contributed by atoms with Gasteiger partial charge >= 0.3 is 11.8 Å². The Bertz CT molecular complexity index is 767. The molecule has 0 saturated carbocycles. The lowest BCUT2D eigenvalue weighted by Gasteiger charge is -2.07. The summed E-state index contributed by atoms with van der Waals surface area (Å²) in [4.78, 5) is 11.9. The van der Waals surface area contributed by atoms with Crippen molar-refractivity contribution in [2.24, 2.45) is 0 Å². The van der Waals surface area contributed by atoms with Crippen molar-refractivity contribution in [1.82, 2.24) is 10.2 Å². The maximum absolute atomic E-state index is 11.9. The minimum atomic E-state index is -0.447. The summed E-state index contributed by atoms with van der Waals surface area (Å²) >= 11 is 0. The van der Waals surface area contributed by atoms with Gasteiger partial charge in [0.25, 0.3) is 0 Å². The quantitative estimate of drug-likeness (QED) is 0.798. The van der Waals surface area contributed by atoms with E-state index in [1.807, 2.05) is 30.3 Å². The number of nitrogens with one attached hydrogen (secondary N) is 1. The molecule has 0 saturated heterocycles. The molecule has 6 heteroatoms. The van der Waals surface area contributed by atoms with E-state index in [-0.39, 0.29) is 5.89 Å². The highest BCUT2D eigenvalue weighted by molar-refractivity contribution is 6.00. The predicted molar refractivity (Wildman–Crippen MR) is 79.9 cm³/mol. The van der Waals surface area contributed by atoms with E-state index in [0.717, 1.165) is 5.75 Å². The molecule has 1 amide bonds. The van der Waals surface area contributed by atoms with E-state index >= 15 is 0 Å². The van der Waals surface area contributed by atoms with Crippen molar-refractivity contribution in [2.75, 3.05) is 5.32 Å². The number of carbonyl (C=O) groups excluding carboxylic acids is 1. The van der Waals surface area contributed by atoms with Crippen LogP contribution in [0.15, 0.2) is 59.0 Å². The van der Waals surface area contributed by atoms with Crippen LogP contribution in [0.3, 0.4) is 0 Å². The minimum absolute atomic E-state index is 0.0675. The number of benzene rings is 2. The molecule has 1 aromatic heterocycles. The molecule has 2 aromatic carbocycles. The van der Waals surface area contributed by atoms with Crippen LogP contribution in [0.25, 0.3) is 0 Å². The average molecular weight is 295 g/mol. The van der Waals surface area contributed by atoms with Crippen molar-refractivity contribution in [3.8, 4) is 11.5 Å². The molecule has 0 bridgehead atoms. The zero-order chi connectivity index (χ0) is 15.4. The van der Waals surface area contributed by atoms with Crippen LogP contribution in [-0.2, 0) is 0 Å². The van der Waals surface area contributed by atoms with Crippen molar-refractivity contribution >= 4 is 11.6 Å². The summed E-state index contributed by atoms with van der Waals surface area (Å²) in [6, 6.07) is 16.5. The first-order valence-corrected chi connectivity index (χ1v) is 6.65. The molecular formula is C16H13N3O3. The molecular weight excluding hydrogens is 282 g/mol. The Balaban J connectivity index is 1.65. The van der Waals surface area contributed by atoms with Crippen LogP contribution in [0.2, 0.25) is 0 Å². The molecule has 1 heterocycles. The highest BCUT2D eigenvalue weighted by atomic mass is 16.5. The van der Waals surface area contributed by atoms with E-state index in [0.29, 0.717) is 17.3 Å². The number of carbonyl (C=O) groups is 1. The first-order valence-electron chi connectivity index (χ1n) is 6.65. The number of aryl methyl sites for hydroxylation is 1. The fourth-order valence-electron chi connectivity index (χ4n) is 1.80. The lowest BCUT2D eigenvalue weighted by atomic mass is 10.3. The fourth-order valence-corrected chi connectivity index (χ4v) is 1.80. The highest BCUT2D eigenvalue weighted by Crippen LogP contribution is 2.22. The number of para-hydroxylation sites is 1. The van der Waals surface area contributed by atoms with E-state index in [2.05, 4.69) is 15.5 Å². The van der Waals surface area contributed by atoms with Gasteiger partial charge < -0.3 is 14.5 Å². The maximum Gasteiger partial charge on any atom is 0.313 e. The van der Waals surface area contributed by atoms with E-state index in [1.54, 1.807) is 31.2 Å². The Labute approximate surface area is 126 Å². The van der Waals surface area contributed by atoms with Crippen LogP contribution < -0.4 is 10.1 Å². The summed E-state index contributed by atoms with van der Waals surface area (Å²) < 4.78 is 10.7. The summed E-state index contributed by atoms with van der Waals surface area (Å²) in [6.45, 7) is 1.62. The number of aromatic nitrogens is 2. The topological polar surface area (TPSA) is 77.2 Å². The third kappa shape index (κ3) is 3.29. The second kappa shape index (κ2) is 6.09. The van der Waals surface area contributed by atoms with Gasteiger partial charge in [0.05, 0.1) is 0 Å². The fraction of sp³-hybridized carbons (Fsp3) is 0.0625. The second-order valence-electron chi connectivity index (χ2n) is 4.52. The van der Waals surface area contributed by atoms with Gasteiger partial charge in [0.15, 0.2) is 0 Å². The molecule has 1 N–H and O–H groups in total. The molecule has 110 valence electrons. The van der Waals surface area contributed by atoms with Crippen LogP contribution in [0.4, 0.5) is 5.69 Å². The van der Waals surface area contributed by atoms with Gasteiger partial charge in [0.2, 0.25) is 5.89 Å². The van der Waals surface area contributed by atoms with Crippen molar-refractivity contribution in [1.29, 1.82) is 0 Å². The molecule has 6 nitrogen and oxygen atoms in total. The van der Waals surface area contributed by atoms with Gasteiger partial charge in [-0.15, -0.1) is 10.2 Å². The molecule has 0 fully saturated rings. The largest absolute Gasteiger partial charge is 0.457 e. The van der Waals surface area contributed by atoms with Crippen molar-refractivity contribution in [3.63, 3.8) is 0 Å². The molecule has 3 aromatic rings. The van der Waals surface area contributed by atoms with Crippen molar-refractivity contribution in [3.05, 3.63) is 66.4 Å². The van der Waals surface area contributed by atoms with E-state index in [4.69, 9.17) is 9.15 Å². The Morgan fingerprint density at radius 2 is 1.68 bits per heavy atom. The summed E-state index contributed by atoms with van der Waals surface area (Å²) in [5.74, 6) is 1.26. The number of nitrogens with zero attached hydrogens (tertiary/aromatic N) is 2. The average Bonchev–Trinajstić information content (AvgIpc) is 2.97. The molecule has 0 unspecified atom stereocenters. The highest BCUT2D eigenvalue weighted by Gasteiger charge is 2.13. The summed E-state index contributed by atoms with van der Waals surface area (Å²) in [6.07, 6.45) is 0. The second-order valence-corrected chi connectivity index (χ2v) is 4.52. The third-order valence-corrected chi connectivity index (χ3v) is 2.81. The number of ether oxygens (including phenoxy) is 1. The van der Waals surface area contributed by atoms with Crippen LogP contribution in [-0.4, -0.2) is 16.1 Å². The van der Waals surface area contributed by atoms with Crippen LogP contribution in [0.1, 0.15) is 16.6 Å². The van der Waals surface area contributed by atoms with Gasteiger partial charge in [-0.25, -0.2) is 0 Å². The predicted octanol–water partition coefficient (Wildman–Crippen LogP) is 3.42. The first kappa shape index (κ1) is 13.8. The van der Waals surface area contributed by atoms with Crippen molar-refractivity contribution < 1.29 is 13.9 Å². The molecule has 0 spiro atoms. The van der Waals surface area contributed by atoms with Gasteiger partial charge in [-0.3, -0.25) is 4.79 Å². The molecule has 0 atom stereocenters. The number of amides is 1. The number of rotatable bonds is 4. The summed E-state index contributed by atoms with van der Waals surface area (Å²) in [5.41, 5.74) is 0.612. The van der Waals surface area contributed by atoms with Gasteiger partial charge in [-0.05, 0) is 36.4 Å². The lowest BCUT2D eigenvalue weighted by molar-refractivity contribution is 0.0989. The number of hydrogen-bond donors (Lipinski definition) is 1. The van der Waals surface area contributed by atoms with Gasteiger partial charge in [-0.2, -0.15) is 0 Å². The molecule has 0 aliphatic rings. The van der Waals surface area contributed by atoms with E-state index in [9.17, 15) is 4.79 Å². The molecule has 0 aliphatic heterocycles. The van der Waals surface area contributed by atoms with Crippen LogP contribution in [0.5, 0.6) is 11.5 Å². The number of anilines is 1. The first-order chi connectivity index (χ1) is 10.7. The zero-order valence-electron chi connectivity index (χ0n) is 11.8. The Morgan fingerprint density at radius 3 is 2.32 bits per heavy atom. The van der Waals surface area contributed by atoms with E-state index in [1.165, 1.54) is 0 Å². The molecule has 22 heavy (non-hydrogen) atoms. The van der Waals surface area contributed by atoms with Gasteiger partial charge in [0, 0.05) is 12.6 Å². The molecule has 0 radical (unpaired) electrons. The SMILES string of the molecule is Cc1nnc(C(=O)Nc2ccc(Oc3ccccc3)cc2)o1. The van der Waals surface area contributed by atoms with E-state index < -0.39 is 5.91 Å². The smallest absolute Gasteiger partial charge is 0.313 e. The van der Waals surface area contributed by atoms with Gasteiger partial charge in [0.1, 0.15) is 11.5 Å². The van der Waals surface area contributed by atoms with Gasteiger partial charge in [-0.1, -0.05) is 18.2 Å². The lowest BCUT2D eigenvalue weighted by Crippen LogP contribution is -2.12. The Kier molecular flexibility index (Phi) is 3.82. The maximum atomic E-state index is 11.9. The monoisotopic (exact) mass is 295 g/mol. The Hall–Kier alpha value is -3.15.